The predicted molar refractivity (Wildman–Crippen MR) is 92.6 cm³/mol. The van der Waals surface area contributed by atoms with Crippen LogP contribution in [-0.2, 0) is 17.5 Å². The lowest BCUT2D eigenvalue weighted by Crippen LogP contribution is -2.24. The zero-order valence-electron chi connectivity index (χ0n) is 14.5. The summed E-state index contributed by atoms with van der Waals surface area (Å²) < 4.78 is 44.6. The van der Waals surface area contributed by atoms with Crippen LogP contribution in [0.1, 0.15) is 27.2 Å². The molecule has 2 heterocycles. The summed E-state index contributed by atoms with van der Waals surface area (Å²) in [5.74, 6) is -0.666. The Labute approximate surface area is 152 Å². The van der Waals surface area contributed by atoms with Gasteiger partial charge in [-0.1, -0.05) is 18.2 Å². The van der Waals surface area contributed by atoms with Gasteiger partial charge in [-0.3, -0.25) is 4.79 Å². The molecule has 0 aliphatic rings. The maximum Gasteiger partial charge on any atom is 0.417 e. The molecule has 0 radical (unpaired) electrons. The summed E-state index contributed by atoms with van der Waals surface area (Å²) in [5, 5.41) is 0.720. The molecule has 3 aromatic rings. The molecule has 0 spiro atoms. The number of esters is 1. The van der Waals surface area contributed by atoms with Gasteiger partial charge in [0.05, 0.1) is 36.0 Å². The Morgan fingerprint density at radius 3 is 2.56 bits per heavy atom. The molecular weight excluding hydrogens is 361 g/mol. The molecule has 0 N–H and O–H groups in total. The zero-order valence-corrected chi connectivity index (χ0v) is 14.5. The second-order valence-corrected chi connectivity index (χ2v) is 5.95. The van der Waals surface area contributed by atoms with Crippen LogP contribution in [0.3, 0.4) is 0 Å². The number of benzene rings is 1. The minimum Gasteiger partial charge on any atom is -0.465 e. The average Bonchev–Trinajstić information content (AvgIpc) is 2.62. The summed E-state index contributed by atoms with van der Waals surface area (Å²) in [6.45, 7) is 1.41. The summed E-state index contributed by atoms with van der Waals surface area (Å²) >= 11 is 0. The van der Waals surface area contributed by atoms with Crippen molar-refractivity contribution in [2.45, 2.75) is 19.6 Å². The highest BCUT2D eigenvalue weighted by Crippen LogP contribution is 2.28. The largest absolute Gasteiger partial charge is 0.465 e. The van der Waals surface area contributed by atoms with E-state index in [1.54, 1.807) is 31.2 Å². The smallest absolute Gasteiger partial charge is 0.417 e. The van der Waals surface area contributed by atoms with Crippen LogP contribution in [-0.4, -0.2) is 22.6 Å². The van der Waals surface area contributed by atoms with E-state index in [1.807, 2.05) is 0 Å². The lowest BCUT2D eigenvalue weighted by Gasteiger charge is -2.15. The summed E-state index contributed by atoms with van der Waals surface area (Å²) in [6, 6.07) is 8.61. The van der Waals surface area contributed by atoms with E-state index in [0.717, 1.165) is 28.3 Å². The van der Waals surface area contributed by atoms with Crippen LogP contribution in [0.4, 0.5) is 13.2 Å². The molecule has 27 heavy (non-hydrogen) atoms. The van der Waals surface area contributed by atoms with Gasteiger partial charge in [0, 0.05) is 17.6 Å². The van der Waals surface area contributed by atoms with Crippen molar-refractivity contribution >= 4 is 16.9 Å². The molecule has 0 bridgehead atoms. The van der Waals surface area contributed by atoms with Crippen molar-refractivity contribution in [1.82, 2.24) is 9.55 Å². The van der Waals surface area contributed by atoms with Gasteiger partial charge in [0.15, 0.2) is 0 Å². The molecule has 0 atom stereocenters. The molecule has 1 aromatic carbocycles. The van der Waals surface area contributed by atoms with Gasteiger partial charge >= 0.3 is 12.1 Å². The van der Waals surface area contributed by atoms with E-state index in [2.05, 4.69) is 4.98 Å². The monoisotopic (exact) mass is 376 g/mol. The number of carbonyl (C=O) groups excluding carboxylic acids is 1. The van der Waals surface area contributed by atoms with E-state index in [9.17, 15) is 22.8 Å². The molecular formula is C19H15F3N2O3. The highest BCUT2D eigenvalue weighted by molar-refractivity contribution is 5.98. The number of nitrogens with zero attached hydrogens (tertiary/aromatic N) is 2. The van der Waals surface area contributed by atoms with Gasteiger partial charge in [-0.15, -0.1) is 0 Å². The lowest BCUT2D eigenvalue weighted by atomic mass is 10.0. The summed E-state index contributed by atoms with van der Waals surface area (Å²) in [7, 11) is 1.21. The van der Waals surface area contributed by atoms with Crippen LogP contribution < -0.4 is 5.56 Å². The SMILES string of the molecule is COC(=O)c1c(Cn2cc(C(F)(F)F)ccc2=O)nc2ccccc2c1C. The number of alkyl halides is 3. The summed E-state index contributed by atoms with van der Waals surface area (Å²) in [6.07, 6.45) is -3.87. The number of hydrogen-bond donors (Lipinski definition) is 0. The van der Waals surface area contributed by atoms with Crippen molar-refractivity contribution in [3.8, 4) is 0 Å². The molecule has 2 aromatic heterocycles. The maximum absolute atomic E-state index is 13.0. The van der Waals surface area contributed by atoms with Gasteiger partial charge in [-0.05, 0) is 24.6 Å². The molecule has 0 fully saturated rings. The molecule has 8 heteroatoms. The van der Waals surface area contributed by atoms with Gasteiger partial charge in [-0.25, -0.2) is 9.78 Å². The van der Waals surface area contributed by atoms with Crippen LogP contribution in [0.25, 0.3) is 10.9 Å². The zero-order chi connectivity index (χ0) is 19.8. The summed E-state index contributed by atoms with van der Waals surface area (Å²) in [5.41, 5.74) is -0.134. The number of aromatic nitrogens is 2. The highest BCUT2D eigenvalue weighted by Gasteiger charge is 2.31. The maximum atomic E-state index is 13.0. The van der Waals surface area contributed by atoms with Crippen molar-refractivity contribution in [1.29, 1.82) is 0 Å². The van der Waals surface area contributed by atoms with Crippen molar-refractivity contribution in [3.05, 3.63) is 75.3 Å². The molecule has 5 nitrogen and oxygen atoms in total. The number of carbonyl (C=O) groups is 1. The number of para-hydroxylation sites is 1. The van der Waals surface area contributed by atoms with E-state index in [4.69, 9.17) is 4.74 Å². The topological polar surface area (TPSA) is 61.2 Å². The van der Waals surface area contributed by atoms with Gasteiger partial charge in [0.25, 0.3) is 5.56 Å². The minimum atomic E-state index is -4.59. The normalized spacial score (nSPS) is 11.6. The van der Waals surface area contributed by atoms with E-state index in [-0.39, 0.29) is 17.8 Å². The molecule has 0 unspecified atom stereocenters. The fraction of sp³-hybridized carbons (Fsp3) is 0.211. The quantitative estimate of drug-likeness (QED) is 0.656. The molecule has 0 aliphatic carbocycles. The number of rotatable bonds is 3. The van der Waals surface area contributed by atoms with Gasteiger partial charge in [-0.2, -0.15) is 13.2 Å². The Bertz CT molecular complexity index is 1090. The number of fused-ring (bicyclic) bond motifs is 1. The standard InChI is InChI=1S/C19H15F3N2O3/c1-11-13-5-3-4-6-14(13)23-15(17(11)18(26)27-2)10-24-9-12(19(20,21)22)7-8-16(24)25/h3-9H,10H2,1-2H3. The van der Waals surface area contributed by atoms with E-state index in [1.165, 1.54) is 7.11 Å². The van der Waals surface area contributed by atoms with E-state index in [0.29, 0.717) is 11.1 Å². The van der Waals surface area contributed by atoms with Crippen LogP contribution >= 0.6 is 0 Å². The number of pyridine rings is 2. The van der Waals surface area contributed by atoms with Crippen molar-refractivity contribution in [2.75, 3.05) is 7.11 Å². The number of methoxy groups -OCH3 is 1. The first kappa shape index (κ1) is 18.6. The Hall–Kier alpha value is -3.16. The number of hydrogen-bond acceptors (Lipinski definition) is 4. The third-order valence-corrected chi connectivity index (χ3v) is 4.25. The molecule has 0 amide bonds. The van der Waals surface area contributed by atoms with Crippen LogP contribution in [0.5, 0.6) is 0 Å². The van der Waals surface area contributed by atoms with Crippen LogP contribution in [0.2, 0.25) is 0 Å². The third kappa shape index (κ3) is 3.55. The number of ether oxygens (including phenoxy) is 1. The second-order valence-electron chi connectivity index (χ2n) is 5.95. The predicted octanol–water partition coefficient (Wildman–Crippen LogP) is 3.56. The molecule has 0 saturated carbocycles. The Balaban J connectivity index is 2.20. The lowest BCUT2D eigenvalue weighted by molar-refractivity contribution is -0.138. The van der Waals surface area contributed by atoms with Crippen molar-refractivity contribution in [3.63, 3.8) is 0 Å². The molecule has 3 rings (SSSR count). The Kier molecular flexibility index (Phi) is 4.73. The molecule has 0 saturated heterocycles. The van der Waals surface area contributed by atoms with E-state index >= 15 is 0 Å². The first-order valence-electron chi connectivity index (χ1n) is 7.96. The highest BCUT2D eigenvalue weighted by atomic mass is 19.4. The van der Waals surface area contributed by atoms with Gasteiger partial charge in [0.2, 0.25) is 0 Å². The van der Waals surface area contributed by atoms with Crippen LogP contribution in [0.15, 0.2) is 47.4 Å². The molecule has 0 aliphatic heterocycles. The number of halogens is 3. The fourth-order valence-electron chi connectivity index (χ4n) is 2.91. The number of aryl methyl sites for hydroxylation is 1. The van der Waals surface area contributed by atoms with Crippen LogP contribution in [0, 0.1) is 6.92 Å². The van der Waals surface area contributed by atoms with Gasteiger partial charge < -0.3 is 9.30 Å². The average molecular weight is 376 g/mol. The second kappa shape index (κ2) is 6.86. The summed E-state index contributed by atoms with van der Waals surface area (Å²) in [4.78, 5) is 28.7. The first-order chi connectivity index (χ1) is 12.7. The van der Waals surface area contributed by atoms with Gasteiger partial charge in [0.1, 0.15) is 0 Å². The Morgan fingerprint density at radius 2 is 1.89 bits per heavy atom. The Morgan fingerprint density at radius 1 is 1.19 bits per heavy atom. The third-order valence-electron chi connectivity index (χ3n) is 4.25. The van der Waals surface area contributed by atoms with Crippen molar-refractivity contribution < 1.29 is 22.7 Å². The fourth-order valence-corrected chi connectivity index (χ4v) is 2.91. The first-order valence-corrected chi connectivity index (χ1v) is 7.96. The van der Waals surface area contributed by atoms with E-state index < -0.39 is 23.3 Å². The minimum absolute atomic E-state index is 0.139. The van der Waals surface area contributed by atoms with Crippen molar-refractivity contribution in [2.24, 2.45) is 0 Å². The molecule has 140 valence electrons.